The predicted octanol–water partition coefficient (Wildman–Crippen LogP) is 0.179. The van der Waals surface area contributed by atoms with E-state index in [2.05, 4.69) is 5.32 Å². The van der Waals surface area contributed by atoms with Gasteiger partial charge in [-0.05, 0) is 13.0 Å². The second kappa shape index (κ2) is 10.7. The standard InChI is InChI=1S/C29H31NO12/c1-11-24(34)15(30-12(2)32)7-19(41-11)42-17-9-29(39,18(33)10-31)8-14-21(17)28(38)23-22(26(14)36)25(35)13-5-4-6-16(40-3)20(13)27(23)37/h4-6,11,15,17,19,24,31,34,36,38-39H,7-10H2,1-3H3,(H,30,32). The number of carbonyl (C=O) groups is 4. The Morgan fingerprint density at radius 3 is 2.45 bits per heavy atom. The number of aliphatic hydroxyl groups is 3. The topological polar surface area (TPSA) is 209 Å². The van der Waals surface area contributed by atoms with Crippen molar-refractivity contribution in [3.05, 3.63) is 51.6 Å². The number of phenols is 2. The Balaban J connectivity index is 1.65. The molecule has 6 atom stereocenters. The van der Waals surface area contributed by atoms with Crippen LogP contribution in [0, 0.1) is 0 Å². The van der Waals surface area contributed by atoms with Crippen molar-refractivity contribution in [2.75, 3.05) is 13.7 Å². The number of amides is 1. The molecule has 1 aliphatic heterocycles. The first kappa shape index (κ1) is 29.6. The number of fused-ring (bicyclic) bond motifs is 3. The van der Waals surface area contributed by atoms with E-state index in [-0.39, 0.29) is 34.4 Å². The lowest BCUT2D eigenvalue weighted by molar-refractivity contribution is -0.249. The van der Waals surface area contributed by atoms with Crippen molar-refractivity contribution in [3.63, 3.8) is 0 Å². The second-order valence-corrected chi connectivity index (χ2v) is 10.8. The van der Waals surface area contributed by atoms with Crippen molar-refractivity contribution >= 4 is 23.3 Å². The molecule has 42 heavy (non-hydrogen) atoms. The molecule has 0 bridgehead atoms. The summed E-state index contributed by atoms with van der Waals surface area (Å²) >= 11 is 0. The van der Waals surface area contributed by atoms with E-state index >= 15 is 0 Å². The van der Waals surface area contributed by atoms with Crippen LogP contribution >= 0.6 is 0 Å². The zero-order chi connectivity index (χ0) is 30.7. The summed E-state index contributed by atoms with van der Waals surface area (Å²) in [6.45, 7) is 1.77. The second-order valence-electron chi connectivity index (χ2n) is 10.8. The quantitative estimate of drug-likeness (QED) is 0.214. The Kier molecular flexibility index (Phi) is 7.58. The van der Waals surface area contributed by atoms with Gasteiger partial charge in [0, 0.05) is 42.9 Å². The fourth-order valence-electron chi connectivity index (χ4n) is 6.12. The molecule has 5 rings (SSSR count). The van der Waals surface area contributed by atoms with E-state index < -0.39 is 102 Å². The van der Waals surface area contributed by atoms with Gasteiger partial charge < -0.3 is 45.1 Å². The highest BCUT2D eigenvalue weighted by Gasteiger charge is 2.50. The molecule has 3 aliphatic rings. The van der Waals surface area contributed by atoms with Crippen LogP contribution in [0.5, 0.6) is 17.2 Å². The van der Waals surface area contributed by atoms with Crippen LogP contribution in [0.25, 0.3) is 0 Å². The molecule has 1 saturated heterocycles. The van der Waals surface area contributed by atoms with Gasteiger partial charge in [-0.2, -0.15) is 0 Å². The van der Waals surface area contributed by atoms with E-state index in [1.807, 2.05) is 0 Å². The van der Waals surface area contributed by atoms with Gasteiger partial charge in [0.05, 0.1) is 42.0 Å². The molecule has 6 N–H and O–H groups in total. The normalized spacial score (nSPS) is 28.4. The van der Waals surface area contributed by atoms with E-state index in [4.69, 9.17) is 14.2 Å². The first-order valence-corrected chi connectivity index (χ1v) is 13.3. The highest BCUT2D eigenvalue weighted by Crippen LogP contribution is 2.52. The number of Topliss-reactive ketones (excluding diaryl/α,β-unsaturated/α-hetero) is 1. The van der Waals surface area contributed by atoms with Gasteiger partial charge in [-0.25, -0.2) is 0 Å². The number of benzene rings is 2. The van der Waals surface area contributed by atoms with Crippen LogP contribution in [0.4, 0.5) is 0 Å². The number of aromatic hydroxyl groups is 2. The first-order chi connectivity index (χ1) is 19.8. The molecule has 0 spiro atoms. The number of phenolic OH excluding ortho intramolecular Hbond substituents is 2. The molecule has 13 heteroatoms. The number of rotatable bonds is 6. The summed E-state index contributed by atoms with van der Waals surface area (Å²) in [5.41, 5.74) is -3.84. The minimum absolute atomic E-state index is 0.0665. The predicted molar refractivity (Wildman–Crippen MR) is 141 cm³/mol. The highest BCUT2D eigenvalue weighted by molar-refractivity contribution is 6.31. The monoisotopic (exact) mass is 585 g/mol. The van der Waals surface area contributed by atoms with Gasteiger partial charge in [0.2, 0.25) is 11.7 Å². The summed E-state index contributed by atoms with van der Waals surface area (Å²) in [6.07, 6.45) is -5.65. The van der Waals surface area contributed by atoms with Crippen molar-refractivity contribution in [1.29, 1.82) is 0 Å². The van der Waals surface area contributed by atoms with Crippen LogP contribution in [0.1, 0.15) is 75.8 Å². The molecule has 6 unspecified atom stereocenters. The zero-order valence-electron chi connectivity index (χ0n) is 23.0. The zero-order valence-corrected chi connectivity index (χ0v) is 23.0. The number of hydrogen-bond donors (Lipinski definition) is 6. The van der Waals surface area contributed by atoms with Crippen LogP contribution < -0.4 is 10.1 Å². The Morgan fingerprint density at radius 1 is 1.12 bits per heavy atom. The van der Waals surface area contributed by atoms with Gasteiger partial charge >= 0.3 is 0 Å². The molecule has 224 valence electrons. The lowest BCUT2D eigenvalue weighted by Crippen LogP contribution is -2.55. The molecular formula is C29H31NO12. The fourth-order valence-corrected chi connectivity index (χ4v) is 6.12. The smallest absolute Gasteiger partial charge is 0.217 e. The number of ether oxygens (including phenoxy) is 3. The molecule has 2 aromatic rings. The maximum Gasteiger partial charge on any atom is 0.217 e. The van der Waals surface area contributed by atoms with E-state index in [9.17, 15) is 44.7 Å². The summed E-state index contributed by atoms with van der Waals surface area (Å²) in [7, 11) is 1.31. The molecule has 2 aliphatic carbocycles. The average molecular weight is 586 g/mol. The van der Waals surface area contributed by atoms with Crippen molar-refractivity contribution in [1.82, 2.24) is 5.32 Å². The lowest BCUT2D eigenvalue weighted by atomic mass is 9.72. The fraction of sp³-hybridized carbons (Fsp3) is 0.448. The highest BCUT2D eigenvalue weighted by atomic mass is 16.7. The van der Waals surface area contributed by atoms with Crippen LogP contribution in [0.2, 0.25) is 0 Å². The Labute approximate surface area is 239 Å². The van der Waals surface area contributed by atoms with Crippen molar-refractivity contribution < 1.29 is 58.9 Å². The van der Waals surface area contributed by atoms with Crippen molar-refractivity contribution in [3.8, 4) is 17.2 Å². The summed E-state index contributed by atoms with van der Waals surface area (Å²) in [6, 6.07) is 3.54. The van der Waals surface area contributed by atoms with Crippen LogP contribution in [0.3, 0.4) is 0 Å². The Morgan fingerprint density at radius 2 is 1.81 bits per heavy atom. The van der Waals surface area contributed by atoms with E-state index in [0.717, 1.165) is 0 Å². The molecule has 0 saturated carbocycles. The molecule has 1 heterocycles. The van der Waals surface area contributed by atoms with Gasteiger partial charge in [0.25, 0.3) is 0 Å². The molecular weight excluding hydrogens is 554 g/mol. The largest absolute Gasteiger partial charge is 0.507 e. The Hall–Kier alpha value is -3.88. The van der Waals surface area contributed by atoms with Gasteiger partial charge in [-0.15, -0.1) is 0 Å². The SMILES string of the molecule is COc1cccc2c1C(=O)c1c(O)c3c(c(O)c1C2=O)CC(O)(C(=O)CO)CC3OC1CC(NC(C)=O)C(O)C(C)O1. The molecule has 1 fully saturated rings. The van der Waals surface area contributed by atoms with E-state index in [0.29, 0.717) is 0 Å². The third-order valence-electron chi connectivity index (χ3n) is 8.15. The van der Waals surface area contributed by atoms with Crippen molar-refractivity contribution in [2.24, 2.45) is 0 Å². The summed E-state index contributed by atoms with van der Waals surface area (Å²) < 4.78 is 17.1. The molecule has 0 aromatic heterocycles. The third kappa shape index (κ3) is 4.63. The van der Waals surface area contributed by atoms with Gasteiger partial charge in [0.15, 0.2) is 17.9 Å². The first-order valence-electron chi connectivity index (χ1n) is 13.3. The summed E-state index contributed by atoms with van der Waals surface area (Å²) in [5, 5.41) is 57.0. The minimum Gasteiger partial charge on any atom is -0.507 e. The molecule has 2 aromatic carbocycles. The maximum absolute atomic E-state index is 13.7. The third-order valence-corrected chi connectivity index (χ3v) is 8.15. The molecule has 1 amide bonds. The van der Waals surface area contributed by atoms with Crippen LogP contribution in [0.15, 0.2) is 18.2 Å². The van der Waals surface area contributed by atoms with Gasteiger partial charge in [-0.1, -0.05) is 12.1 Å². The number of aliphatic hydroxyl groups excluding tert-OH is 2. The maximum atomic E-state index is 13.7. The number of hydrogen-bond acceptors (Lipinski definition) is 12. The number of carbonyl (C=O) groups excluding carboxylic acids is 4. The van der Waals surface area contributed by atoms with E-state index in [1.54, 1.807) is 6.92 Å². The molecule has 0 radical (unpaired) electrons. The number of nitrogens with one attached hydrogen (secondary N) is 1. The lowest BCUT2D eigenvalue weighted by Gasteiger charge is -2.42. The average Bonchev–Trinajstić information content (AvgIpc) is 2.94. The number of ketones is 3. The van der Waals surface area contributed by atoms with Crippen LogP contribution in [-0.4, -0.2) is 92.6 Å². The van der Waals surface area contributed by atoms with Crippen molar-refractivity contribution in [2.45, 2.75) is 69.4 Å². The van der Waals surface area contributed by atoms with Gasteiger partial charge in [0.1, 0.15) is 35.6 Å². The molecule has 13 nitrogen and oxygen atoms in total. The Bertz CT molecular complexity index is 1500. The summed E-state index contributed by atoms with van der Waals surface area (Å²) in [4.78, 5) is 51.7. The summed E-state index contributed by atoms with van der Waals surface area (Å²) in [5.74, 6) is -4.34. The minimum atomic E-state index is -2.29. The van der Waals surface area contributed by atoms with Crippen LogP contribution in [-0.2, 0) is 25.5 Å². The van der Waals surface area contributed by atoms with E-state index in [1.165, 1.54) is 32.2 Å². The number of methoxy groups -OCH3 is 1. The van der Waals surface area contributed by atoms with Gasteiger partial charge in [-0.3, -0.25) is 19.2 Å².